The van der Waals surface area contributed by atoms with Crippen LogP contribution in [0.5, 0.6) is 0 Å². The Kier molecular flexibility index (Phi) is 5.00. The second kappa shape index (κ2) is 7.29. The fraction of sp³-hybridized carbons (Fsp3) is 0.652. The zero-order valence-electron chi connectivity index (χ0n) is 16.7. The minimum atomic E-state index is 0.149. The van der Waals surface area contributed by atoms with Gasteiger partial charge in [0.15, 0.2) is 0 Å². The van der Waals surface area contributed by atoms with E-state index in [0.717, 1.165) is 38.8 Å². The predicted molar refractivity (Wildman–Crippen MR) is 107 cm³/mol. The average Bonchev–Trinajstić information content (AvgIpc) is 3.40. The third-order valence-corrected chi connectivity index (χ3v) is 6.72. The van der Waals surface area contributed by atoms with Crippen LogP contribution in [0.4, 0.5) is 0 Å². The van der Waals surface area contributed by atoms with E-state index < -0.39 is 0 Å². The molecule has 1 saturated heterocycles. The summed E-state index contributed by atoms with van der Waals surface area (Å²) in [5.41, 5.74) is 2.94. The van der Waals surface area contributed by atoms with E-state index >= 15 is 0 Å². The third kappa shape index (κ3) is 3.90. The van der Waals surface area contributed by atoms with Gasteiger partial charge in [-0.1, -0.05) is 24.3 Å². The van der Waals surface area contributed by atoms with E-state index in [4.69, 9.17) is 0 Å². The molecule has 2 fully saturated rings. The van der Waals surface area contributed by atoms with Crippen molar-refractivity contribution >= 4 is 11.8 Å². The molecule has 1 heterocycles. The minimum Gasteiger partial charge on any atom is -0.354 e. The van der Waals surface area contributed by atoms with Crippen molar-refractivity contribution in [2.24, 2.45) is 5.92 Å². The van der Waals surface area contributed by atoms with Gasteiger partial charge < -0.3 is 10.2 Å². The zero-order valence-corrected chi connectivity index (χ0v) is 16.7. The van der Waals surface area contributed by atoms with Gasteiger partial charge in [-0.05, 0) is 74.3 Å². The SMILES string of the molecule is CC(C)NC(=O)CC1CC2(CCN(C(=O)CC3CC3)CC2)c2ccccc21. The largest absolute Gasteiger partial charge is 0.354 e. The Morgan fingerprint density at radius 3 is 2.52 bits per heavy atom. The molecular formula is C23H32N2O2. The molecule has 1 saturated carbocycles. The van der Waals surface area contributed by atoms with Crippen LogP contribution in [0.2, 0.25) is 0 Å². The van der Waals surface area contributed by atoms with Gasteiger partial charge in [0.05, 0.1) is 0 Å². The molecule has 0 bridgehead atoms. The van der Waals surface area contributed by atoms with Gasteiger partial charge in [-0.2, -0.15) is 0 Å². The molecule has 1 atom stereocenters. The first-order valence-corrected chi connectivity index (χ1v) is 10.6. The number of piperidine rings is 1. The maximum atomic E-state index is 12.5. The first-order valence-electron chi connectivity index (χ1n) is 10.6. The zero-order chi connectivity index (χ0) is 19.0. The number of hydrogen-bond donors (Lipinski definition) is 1. The van der Waals surface area contributed by atoms with Crippen molar-refractivity contribution in [2.45, 2.75) is 76.2 Å². The summed E-state index contributed by atoms with van der Waals surface area (Å²) in [4.78, 5) is 26.9. The van der Waals surface area contributed by atoms with Crippen LogP contribution in [0.15, 0.2) is 24.3 Å². The fourth-order valence-corrected chi connectivity index (χ4v) is 5.17. The molecule has 1 N–H and O–H groups in total. The maximum absolute atomic E-state index is 12.5. The highest BCUT2D eigenvalue weighted by atomic mass is 16.2. The van der Waals surface area contributed by atoms with Crippen LogP contribution >= 0.6 is 0 Å². The summed E-state index contributed by atoms with van der Waals surface area (Å²) in [5, 5.41) is 3.05. The Morgan fingerprint density at radius 1 is 1.15 bits per heavy atom. The second-order valence-corrected chi connectivity index (χ2v) is 9.22. The molecular weight excluding hydrogens is 336 g/mol. The quantitative estimate of drug-likeness (QED) is 0.860. The number of amides is 2. The van der Waals surface area contributed by atoms with Gasteiger partial charge in [-0.15, -0.1) is 0 Å². The van der Waals surface area contributed by atoms with Crippen molar-refractivity contribution in [1.82, 2.24) is 10.2 Å². The molecule has 2 aliphatic carbocycles. The molecule has 0 radical (unpaired) electrons. The van der Waals surface area contributed by atoms with Crippen molar-refractivity contribution < 1.29 is 9.59 Å². The van der Waals surface area contributed by atoms with Crippen LogP contribution in [-0.2, 0) is 15.0 Å². The number of nitrogens with one attached hydrogen (secondary N) is 1. The summed E-state index contributed by atoms with van der Waals surface area (Å²) in [6.45, 7) is 5.75. The lowest BCUT2D eigenvalue weighted by atomic mass is 9.73. The molecule has 4 nitrogen and oxygen atoms in total. The molecule has 1 aromatic carbocycles. The van der Waals surface area contributed by atoms with Gasteiger partial charge in [-0.25, -0.2) is 0 Å². The van der Waals surface area contributed by atoms with Gasteiger partial charge >= 0.3 is 0 Å². The van der Waals surface area contributed by atoms with Crippen LogP contribution in [-0.4, -0.2) is 35.8 Å². The van der Waals surface area contributed by atoms with Gasteiger partial charge in [-0.3, -0.25) is 9.59 Å². The van der Waals surface area contributed by atoms with Crippen molar-refractivity contribution in [1.29, 1.82) is 0 Å². The van der Waals surface area contributed by atoms with E-state index in [-0.39, 0.29) is 17.4 Å². The number of hydrogen-bond acceptors (Lipinski definition) is 2. The molecule has 1 aliphatic heterocycles. The van der Waals surface area contributed by atoms with E-state index in [1.54, 1.807) is 0 Å². The molecule has 1 aromatic rings. The predicted octanol–water partition coefficient (Wildman–Crippen LogP) is 3.75. The number of nitrogens with zero attached hydrogens (tertiary/aromatic N) is 1. The van der Waals surface area contributed by atoms with E-state index in [0.29, 0.717) is 24.2 Å². The van der Waals surface area contributed by atoms with Crippen molar-refractivity contribution in [3.05, 3.63) is 35.4 Å². The average molecular weight is 369 g/mol. The second-order valence-electron chi connectivity index (χ2n) is 9.22. The molecule has 4 rings (SSSR count). The Hall–Kier alpha value is -1.84. The highest BCUT2D eigenvalue weighted by molar-refractivity contribution is 5.78. The Morgan fingerprint density at radius 2 is 1.85 bits per heavy atom. The Balaban J connectivity index is 1.45. The van der Waals surface area contributed by atoms with Crippen LogP contribution < -0.4 is 5.32 Å². The van der Waals surface area contributed by atoms with Crippen molar-refractivity contribution in [3.8, 4) is 0 Å². The van der Waals surface area contributed by atoms with Gasteiger partial charge in [0, 0.05) is 32.0 Å². The summed E-state index contributed by atoms with van der Waals surface area (Å²) in [6, 6.07) is 8.88. The number of benzene rings is 1. The first kappa shape index (κ1) is 18.5. The molecule has 0 aromatic heterocycles. The number of carbonyl (C=O) groups excluding carboxylic acids is 2. The summed E-state index contributed by atoms with van der Waals surface area (Å²) >= 11 is 0. The summed E-state index contributed by atoms with van der Waals surface area (Å²) in [6.07, 6.45) is 6.89. The molecule has 1 unspecified atom stereocenters. The van der Waals surface area contributed by atoms with Crippen LogP contribution in [0.1, 0.15) is 75.8 Å². The minimum absolute atomic E-state index is 0.149. The molecule has 1 spiro atoms. The standard InChI is InChI=1S/C23H32N2O2/c1-16(2)24-21(26)14-18-15-23(20-6-4-3-5-19(18)20)9-11-25(12-10-23)22(27)13-17-7-8-17/h3-6,16-18H,7-15H2,1-2H3,(H,24,26). The van der Waals surface area contributed by atoms with Crippen LogP contribution in [0, 0.1) is 5.92 Å². The van der Waals surface area contributed by atoms with E-state index in [9.17, 15) is 9.59 Å². The van der Waals surface area contributed by atoms with E-state index in [1.165, 1.54) is 24.0 Å². The van der Waals surface area contributed by atoms with Gasteiger partial charge in [0.25, 0.3) is 0 Å². The fourth-order valence-electron chi connectivity index (χ4n) is 5.17. The summed E-state index contributed by atoms with van der Waals surface area (Å²) < 4.78 is 0. The molecule has 4 heteroatoms. The molecule has 2 amide bonds. The molecule has 27 heavy (non-hydrogen) atoms. The monoisotopic (exact) mass is 368 g/mol. The Bertz CT molecular complexity index is 715. The topological polar surface area (TPSA) is 49.4 Å². The normalized spacial score (nSPS) is 23.5. The van der Waals surface area contributed by atoms with Gasteiger partial charge in [0.1, 0.15) is 0 Å². The van der Waals surface area contributed by atoms with E-state index in [1.807, 2.05) is 13.8 Å². The highest BCUT2D eigenvalue weighted by Crippen LogP contribution is 2.52. The molecule has 3 aliphatic rings. The van der Waals surface area contributed by atoms with Crippen LogP contribution in [0.25, 0.3) is 0 Å². The highest BCUT2D eigenvalue weighted by Gasteiger charge is 2.46. The lowest BCUT2D eigenvalue weighted by molar-refractivity contribution is -0.133. The summed E-state index contributed by atoms with van der Waals surface area (Å²) in [7, 11) is 0. The van der Waals surface area contributed by atoms with Crippen LogP contribution in [0.3, 0.4) is 0 Å². The number of fused-ring (bicyclic) bond motifs is 2. The van der Waals surface area contributed by atoms with E-state index in [2.05, 4.69) is 34.5 Å². The third-order valence-electron chi connectivity index (χ3n) is 6.72. The smallest absolute Gasteiger partial charge is 0.222 e. The maximum Gasteiger partial charge on any atom is 0.222 e. The number of likely N-dealkylation sites (tertiary alicyclic amines) is 1. The molecule has 146 valence electrons. The lowest BCUT2D eigenvalue weighted by Crippen LogP contribution is -2.44. The first-order chi connectivity index (χ1) is 13.0. The Labute approximate surface area is 162 Å². The number of rotatable bonds is 5. The van der Waals surface area contributed by atoms with Crippen molar-refractivity contribution in [3.63, 3.8) is 0 Å². The summed E-state index contributed by atoms with van der Waals surface area (Å²) in [5.74, 6) is 1.46. The number of carbonyl (C=O) groups is 2. The van der Waals surface area contributed by atoms with Gasteiger partial charge in [0.2, 0.25) is 11.8 Å². The van der Waals surface area contributed by atoms with Crippen molar-refractivity contribution in [2.75, 3.05) is 13.1 Å². The lowest BCUT2D eigenvalue weighted by Gasteiger charge is -2.40.